The molecule has 3 aromatic rings. The van der Waals surface area contributed by atoms with Gasteiger partial charge in [0.15, 0.2) is 5.82 Å². The largest absolute Gasteiger partial charge is 0.368 e. The van der Waals surface area contributed by atoms with Gasteiger partial charge in [-0.25, -0.2) is 4.98 Å². The number of aromatic nitrogens is 5. The standard InChI is InChI=1S/C10H9N7/c11-9-15-8(16-10(12)17-9)7-13-5-3-1-2-4-6(5)14-7/h1-4H,(H,13,14)(H4,11,12,15,16,17). The maximum atomic E-state index is 5.51. The Kier molecular flexibility index (Phi) is 1.91. The molecule has 84 valence electrons. The van der Waals surface area contributed by atoms with Crippen LogP contribution in [0.3, 0.4) is 0 Å². The second-order valence-electron chi connectivity index (χ2n) is 3.48. The highest BCUT2D eigenvalue weighted by atomic mass is 15.2. The Hall–Kier alpha value is -2.70. The summed E-state index contributed by atoms with van der Waals surface area (Å²) < 4.78 is 0. The fourth-order valence-electron chi connectivity index (χ4n) is 1.57. The second-order valence-corrected chi connectivity index (χ2v) is 3.48. The van der Waals surface area contributed by atoms with Gasteiger partial charge in [0.2, 0.25) is 17.7 Å². The van der Waals surface area contributed by atoms with E-state index in [0.717, 1.165) is 11.0 Å². The Morgan fingerprint density at radius 2 is 1.59 bits per heavy atom. The van der Waals surface area contributed by atoms with Crippen LogP contribution in [0.2, 0.25) is 0 Å². The van der Waals surface area contributed by atoms with Crippen molar-refractivity contribution in [3.63, 3.8) is 0 Å². The molecule has 3 rings (SSSR count). The lowest BCUT2D eigenvalue weighted by Crippen LogP contribution is -2.04. The first kappa shape index (κ1) is 9.52. The fourth-order valence-corrected chi connectivity index (χ4v) is 1.57. The van der Waals surface area contributed by atoms with E-state index in [9.17, 15) is 0 Å². The molecule has 0 bridgehead atoms. The van der Waals surface area contributed by atoms with Gasteiger partial charge in [0.1, 0.15) is 0 Å². The maximum absolute atomic E-state index is 5.51. The number of para-hydroxylation sites is 2. The molecule has 7 heteroatoms. The van der Waals surface area contributed by atoms with E-state index in [1.165, 1.54) is 0 Å². The smallest absolute Gasteiger partial charge is 0.225 e. The molecular formula is C10H9N7. The number of fused-ring (bicyclic) bond motifs is 1. The molecule has 1 aromatic carbocycles. The molecule has 0 atom stereocenters. The first-order valence-electron chi connectivity index (χ1n) is 4.94. The van der Waals surface area contributed by atoms with Crippen molar-refractivity contribution in [2.75, 3.05) is 11.5 Å². The van der Waals surface area contributed by atoms with Crippen molar-refractivity contribution in [3.8, 4) is 11.6 Å². The van der Waals surface area contributed by atoms with E-state index in [1.54, 1.807) is 0 Å². The topological polar surface area (TPSA) is 119 Å². The lowest BCUT2D eigenvalue weighted by Gasteiger charge is -1.97. The van der Waals surface area contributed by atoms with Gasteiger partial charge < -0.3 is 16.5 Å². The summed E-state index contributed by atoms with van der Waals surface area (Å²) in [5.41, 5.74) is 12.8. The van der Waals surface area contributed by atoms with E-state index in [0.29, 0.717) is 11.6 Å². The van der Waals surface area contributed by atoms with Crippen LogP contribution in [0, 0.1) is 0 Å². The normalized spacial score (nSPS) is 10.8. The van der Waals surface area contributed by atoms with Crippen molar-refractivity contribution >= 4 is 22.9 Å². The average Bonchev–Trinajstić information content (AvgIpc) is 2.71. The van der Waals surface area contributed by atoms with Crippen molar-refractivity contribution in [2.45, 2.75) is 0 Å². The Morgan fingerprint density at radius 1 is 0.882 bits per heavy atom. The van der Waals surface area contributed by atoms with Gasteiger partial charge in [0, 0.05) is 0 Å². The SMILES string of the molecule is Nc1nc(N)nc(-c2nc3ccccc3[nH]2)n1. The summed E-state index contributed by atoms with van der Waals surface area (Å²) in [6.45, 7) is 0. The number of H-pyrrole nitrogens is 1. The Bertz CT molecular complexity index is 635. The van der Waals surface area contributed by atoms with Crippen molar-refractivity contribution in [3.05, 3.63) is 24.3 Å². The number of nitrogens with one attached hydrogen (secondary N) is 1. The number of nitrogen functional groups attached to an aromatic ring is 2. The average molecular weight is 227 g/mol. The molecule has 0 radical (unpaired) electrons. The van der Waals surface area contributed by atoms with Crippen LogP contribution in [0.25, 0.3) is 22.7 Å². The molecule has 0 unspecified atom stereocenters. The van der Waals surface area contributed by atoms with Crippen LogP contribution in [-0.4, -0.2) is 24.9 Å². The van der Waals surface area contributed by atoms with Crippen LogP contribution in [0.5, 0.6) is 0 Å². The molecule has 0 aliphatic rings. The van der Waals surface area contributed by atoms with Gasteiger partial charge >= 0.3 is 0 Å². The number of aromatic amines is 1. The van der Waals surface area contributed by atoms with Gasteiger partial charge in [0.05, 0.1) is 11.0 Å². The molecule has 17 heavy (non-hydrogen) atoms. The molecule has 0 amide bonds. The lowest BCUT2D eigenvalue weighted by molar-refractivity contribution is 1.06. The lowest BCUT2D eigenvalue weighted by atomic mass is 10.3. The molecule has 0 spiro atoms. The number of imidazole rings is 1. The third kappa shape index (κ3) is 1.63. The maximum Gasteiger partial charge on any atom is 0.225 e. The zero-order chi connectivity index (χ0) is 11.8. The third-order valence-corrected chi connectivity index (χ3v) is 2.27. The Morgan fingerprint density at radius 3 is 2.29 bits per heavy atom. The van der Waals surface area contributed by atoms with Crippen LogP contribution in [0.4, 0.5) is 11.9 Å². The van der Waals surface area contributed by atoms with Crippen LogP contribution < -0.4 is 11.5 Å². The van der Waals surface area contributed by atoms with Crippen LogP contribution in [0.15, 0.2) is 24.3 Å². The molecule has 5 N–H and O–H groups in total. The molecule has 0 aliphatic heterocycles. The van der Waals surface area contributed by atoms with E-state index in [4.69, 9.17) is 11.5 Å². The van der Waals surface area contributed by atoms with Crippen LogP contribution in [-0.2, 0) is 0 Å². The highest BCUT2D eigenvalue weighted by Gasteiger charge is 2.09. The molecule has 7 nitrogen and oxygen atoms in total. The summed E-state index contributed by atoms with van der Waals surface area (Å²) in [5.74, 6) is 1.01. The van der Waals surface area contributed by atoms with Gasteiger partial charge in [-0.15, -0.1) is 0 Å². The third-order valence-electron chi connectivity index (χ3n) is 2.27. The van der Waals surface area contributed by atoms with Gasteiger partial charge in [-0.3, -0.25) is 0 Å². The summed E-state index contributed by atoms with van der Waals surface area (Å²) in [7, 11) is 0. The van der Waals surface area contributed by atoms with Gasteiger partial charge in [-0.2, -0.15) is 15.0 Å². The van der Waals surface area contributed by atoms with Gasteiger partial charge in [-0.1, -0.05) is 12.1 Å². The molecule has 2 heterocycles. The minimum absolute atomic E-state index is 0.0768. The molecule has 0 fully saturated rings. The van der Waals surface area contributed by atoms with Crippen molar-refractivity contribution in [1.82, 2.24) is 24.9 Å². The summed E-state index contributed by atoms with van der Waals surface area (Å²) in [6.07, 6.45) is 0. The first-order chi connectivity index (χ1) is 8.22. The van der Waals surface area contributed by atoms with Gasteiger partial charge in [0.25, 0.3) is 0 Å². The molecule has 0 aliphatic carbocycles. The zero-order valence-electron chi connectivity index (χ0n) is 8.75. The highest BCUT2D eigenvalue weighted by molar-refractivity contribution is 5.78. The number of nitrogens with two attached hydrogens (primary N) is 2. The molecule has 0 saturated carbocycles. The minimum Gasteiger partial charge on any atom is -0.368 e. The van der Waals surface area contributed by atoms with Crippen molar-refractivity contribution < 1.29 is 0 Å². The minimum atomic E-state index is 0.0768. The summed E-state index contributed by atoms with van der Waals surface area (Å²) in [6, 6.07) is 7.63. The number of hydrogen-bond donors (Lipinski definition) is 3. The summed E-state index contributed by atoms with van der Waals surface area (Å²) in [4.78, 5) is 19.1. The molecule has 0 saturated heterocycles. The quantitative estimate of drug-likeness (QED) is 0.559. The molecular weight excluding hydrogens is 218 g/mol. The predicted molar refractivity (Wildman–Crippen MR) is 63.7 cm³/mol. The highest BCUT2D eigenvalue weighted by Crippen LogP contribution is 2.17. The zero-order valence-corrected chi connectivity index (χ0v) is 8.75. The van der Waals surface area contributed by atoms with E-state index in [2.05, 4.69) is 24.9 Å². The second kappa shape index (κ2) is 3.41. The monoisotopic (exact) mass is 227 g/mol. The van der Waals surface area contributed by atoms with E-state index in [-0.39, 0.29) is 11.9 Å². The summed E-state index contributed by atoms with van der Waals surface area (Å²) in [5, 5.41) is 0. The predicted octanol–water partition coefficient (Wildman–Crippen LogP) is 0.579. The fraction of sp³-hybridized carbons (Fsp3) is 0. The Balaban J connectivity index is 2.20. The number of nitrogens with zero attached hydrogens (tertiary/aromatic N) is 4. The number of hydrogen-bond acceptors (Lipinski definition) is 6. The van der Waals surface area contributed by atoms with E-state index >= 15 is 0 Å². The number of anilines is 2. The first-order valence-corrected chi connectivity index (χ1v) is 4.94. The van der Waals surface area contributed by atoms with Crippen molar-refractivity contribution in [1.29, 1.82) is 0 Å². The summed E-state index contributed by atoms with van der Waals surface area (Å²) >= 11 is 0. The van der Waals surface area contributed by atoms with Crippen molar-refractivity contribution in [2.24, 2.45) is 0 Å². The molecule has 2 aromatic heterocycles. The van der Waals surface area contributed by atoms with E-state index in [1.807, 2.05) is 24.3 Å². The number of rotatable bonds is 1. The van der Waals surface area contributed by atoms with E-state index < -0.39 is 0 Å². The van der Waals surface area contributed by atoms with Crippen LogP contribution >= 0.6 is 0 Å². The van der Waals surface area contributed by atoms with Crippen LogP contribution in [0.1, 0.15) is 0 Å². The number of benzene rings is 1. The Labute approximate surface area is 95.9 Å². The van der Waals surface area contributed by atoms with Gasteiger partial charge in [-0.05, 0) is 12.1 Å².